The van der Waals surface area contributed by atoms with Gasteiger partial charge in [-0.25, -0.2) is 13.1 Å². The minimum Gasteiger partial charge on any atom is -0.379 e. The van der Waals surface area contributed by atoms with Crippen LogP contribution in [0.25, 0.3) is 0 Å². The summed E-state index contributed by atoms with van der Waals surface area (Å²) in [6, 6.07) is 6.62. The normalized spacial score (nSPS) is 31.9. The van der Waals surface area contributed by atoms with Crippen LogP contribution < -0.4 is 4.72 Å². The number of fused-ring (bicyclic) bond motifs is 3. The molecule has 5 rings (SSSR count). The zero-order valence-electron chi connectivity index (χ0n) is 15.5. The van der Waals surface area contributed by atoms with E-state index in [-0.39, 0.29) is 4.90 Å². The topological polar surface area (TPSA) is 61.9 Å². The highest BCUT2D eigenvalue weighted by Gasteiger charge is 2.40. The number of nitrogens with one attached hydrogen (secondary N) is 1. The molecule has 4 heterocycles. The van der Waals surface area contributed by atoms with Crippen molar-refractivity contribution in [2.45, 2.75) is 23.8 Å². The number of sulfonamides is 1. The lowest BCUT2D eigenvalue weighted by atomic mass is 9.75. The Morgan fingerprint density at radius 1 is 1.15 bits per heavy atom. The summed E-state index contributed by atoms with van der Waals surface area (Å²) in [6.45, 7) is 7.54. The lowest BCUT2D eigenvalue weighted by Crippen LogP contribution is -2.58. The third-order valence-electron chi connectivity index (χ3n) is 6.24. The molecule has 0 radical (unpaired) electrons. The number of benzene rings is 1. The minimum absolute atomic E-state index is 0.271. The fourth-order valence-corrected chi connectivity index (χ4v) is 5.89. The van der Waals surface area contributed by atoms with Gasteiger partial charge in [-0.05, 0) is 55.5 Å². The number of hydrogen-bond donors (Lipinski definition) is 1. The molecule has 2 bridgehead atoms. The van der Waals surface area contributed by atoms with Gasteiger partial charge in [0.25, 0.3) is 0 Å². The summed E-state index contributed by atoms with van der Waals surface area (Å²) in [5, 5.41) is 0.538. The van der Waals surface area contributed by atoms with Crippen molar-refractivity contribution in [2.24, 2.45) is 11.8 Å². The second kappa shape index (κ2) is 8.35. The fourth-order valence-electron chi connectivity index (χ4n) is 4.69. The molecule has 1 N–H and O–H groups in total. The molecular formula is C19H28ClN3O3S. The largest absolute Gasteiger partial charge is 0.379 e. The van der Waals surface area contributed by atoms with E-state index in [2.05, 4.69) is 14.5 Å². The lowest BCUT2D eigenvalue weighted by Gasteiger charge is -2.51. The van der Waals surface area contributed by atoms with Gasteiger partial charge >= 0.3 is 0 Å². The average Bonchev–Trinajstić information content (AvgIpc) is 2.68. The van der Waals surface area contributed by atoms with E-state index in [0.717, 1.165) is 52.4 Å². The second-order valence-corrected chi connectivity index (χ2v) is 10.1. The molecule has 0 spiro atoms. The summed E-state index contributed by atoms with van der Waals surface area (Å²) < 4.78 is 33.3. The molecule has 4 saturated heterocycles. The maximum atomic E-state index is 12.5. The first-order chi connectivity index (χ1) is 13.0. The molecule has 4 aliphatic rings. The van der Waals surface area contributed by atoms with Crippen molar-refractivity contribution >= 4 is 21.6 Å². The van der Waals surface area contributed by atoms with Crippen molar-refractivity contribution in [3.8, 4) is 0 Å². The monoisotopic (exact) mass is 413 g/mol. The van der Waals surface area contributed by atoms with Gasteiger partial charge in [-0.15, -0.1) is 0 Å². The molecule has 6 nitrogen and oxygen atoms in total. The number of hydrogen-bond acceptors (Lipinski definition) is 5. The zero-order valence-corrected chi connectivity index (χ0v) is 17.1. The van der Waals surface area contributed by atoms with Gasteiger partial charge in [0.05, 0.1) is 18.1 Å². The van der Waals surface area contributed by atoms with Crippen LogP contribution in [0.2, 0.25) is 5.02 Å². The Hall–Kier alpha value is -0.700. The highest BCUT2D eigenvalue weighted by Crippen LogP contribution is 2.36. The van der Waals surface area contributed by atoms with Crippen molar-refractivity contribution < 1.29 is 13.2 Å². The first-order valence-corrected chi connectivity index (χ1v) is 11.7. The van der Waals surface area contributed by atoms with Crippen LogP contribution in [0.4, 0.5) is 0 Å². The number of ether oxygens (including phenoxy) is 1. The SMILES string of the molecule is O=S(=O)(NC[C@H]1C[C@@H]2CCN1C[C@@H]2CN1CCOCC1)c1ccc(Cl)cc1. The smallest absolute Gasteiger partial charge is 0.240 e. The van der Waals surface area contributed by atoms with E-state index in [1.54, 1.807) is 24.3 Å². The predicted molar refractivity (Wildman–Crippen MR) is 105 cm³/mol. The Balaban J connectivity index is 1.32. The van der Waals surface area contributed by atoms with E-state index >= 15 is 0 Å². The molecule has 4 aliphatic heterocycles. The molecular weight excluding hydrogens is 386 g/mol. The average molecular weight is 414 g/mol. The molecule has 0 amide bonds. The quantitative estimate of drug-likeness (QED) is 0.768. The van der Waals surface area contributed by atoms with E-state index in [1.165, 1.54) is 6.42 Å². The number of morpholine rings is 1. The Morgan fingerprint density at radius 2 is 1.89 bits per heavy atom. The number of nitrogens with zero attached hydrogens (tertiary/aromatic N) is 2. The third kappa shape index (κ3) is 4.66. The molecule has 4 atom stereocenters. The summed E-state index contributed by atoms with van der Waals surface area (Å²) in [5.41, 5.74) is 0. The highest BCUT2D eigenvalue weighted by atomic mass is 35.5. The Labute approximate surface area is 166 Å². The van der Waals surface area contributed by atoms with Gasteiger partial charge in [0.15, 0.2) is 0 Å². The maximum Gasteiger partial charge on any atom is 0.240 e. The molecule has 0 aromatic heterocycles. The first kappa shape index (κ1) is 19.6. The molecule has 0 aliphatic carbocycles. The summed E-state index contributed by atoms with van der Waals surface area (Å²) in [5.74, 6) is 1.39. The standard InChI is InChI=1S/C19H28ClN3O3S/c20-17-1-3-19(4-2-17)27(24,25)21-12-18-11-15-5-6-23(18)14-16(15)13-22-7-9-26-10-8-22/h1-4,15-16,18,21H,5-14H2/t15-,16-,18+/m0/s1. The molecule has 0 saturated carbocycles. The molecule has 150 valence electrons. The summed E-state index contributed by atoms with van der Waals surface area (Å²) in [4.78, 5) is 5.28. The van der Waals surface area contributed by atoms with Crippen LogP contribution in [-0.2, 0) is 14.8 Å². The molecule has 4 fully saturated rings. The van der Waals surface area contributed by atoms with Gasteiger partial charge < -0.3 is 4.74 Å². The van der Waals surface area contributed by atoms with Gasteiger partial charge in [0, 0.05) is 43.8 Å². The van der Waals surface area contributed by atoms with Crippen LogP contribution in [0.1, 0.15) is 12.8 Å². The van der Waals surface area contributed by atoms with Gasteiger partial charge in [-0.1, -0.05) is 11.6 Å². The summed E-state index contributed by atoms with van der Waals surface area (Å²) in [7, 11) is -3.49. The Morgan fingerprint density at radius 3 is 2.56 bits per heavy atom. The molecule has 27 heavy (non-hydrogen) atoms. The van der Waals surface area contributed by atoms with E-state index in [1.807, 2.05) is 0 Å². The Bertz CT molecular complexity index is 737. The van der Waals surface area contributed by atoms with Crippen LogP contribution in [-0.4, -0.2) is 76.7 Å². The predicted octanol–water partition coefficient (Wildman–Crippen LogP) is 1.66. The van der Waals surface area contributed by atoms with E-state index in [9.17, 15) is 8.42 Å². The number of piperidine rings is 3. The van der Waals surface area contributed by atoms with Crippen molar-refractivity contribution in [1.29, 1.82) is 0 Å². The summed E-state index contributed by atoms with van der Waals surface area (Å²) in [6.07, 6.45) is 2.31. The van der Waals surface area contributed by atoms with Gasteiger partial charge in [0.2, 0.25) is 10.0 Å². The highest BCUT2D eigenvalue weighted by molar-refractivity contribution is 7.89. The van der Waals surface area contributed by atoms with Crippen molar-refractivity contribution in [2.75, 3.05) is 52.5 Å². The van der Waals surface area contributed by atoms with Crippen LogP contribution in [0.15, 0.2) is 29.2 Å². The third-order valence-corrected chi connectivity index (χ3v) is 7.93. The summed E-state index contributed by atoms with van der Waals surface area (Å²) >= 11 is 5.85. The second-order valence-electron chi connectivity index (χ2n) is 7.91. The van der Waals surface area contributed by atoms with Crippen molar-refractivity contribution in [3.05, 3.63) is 29.3 Å². The minimum atomic E-state index is -3.49. The van der Waals surface area contributed by atoms with E-state index < -0.39 is 10.0 Å². The van der Waals surface area contributed by atoms with Gasteiger partial charge in [0.1, 0.15) is 0 Å². The van der Waals surface area contributed by atoms with E-state index in [4.69, 9.17) is 16.3 Å². The van der Waals surface area contributed by atoms with E-state index in [0.29, 0.717) is 29.4 Å². The maximum absolute atomic E-state index is 12.5. The molecule has 8 heteroatoms. The zero-order chi connectivity index (χ0) is 18.9. The van der Waals surface area contributed by atoms with Crippen molar-refractivity contribution in [3.63, 3.8) is 0 Å². The lowest BCUT2D eigenvalue weighted by molar-refractivity contribution is -0.0285. The van der Waals surface area contributed by atoms with Gasteiger partial charge in [-0.3, -0.25) is 9.80 Å². The molecule has 1 aromatic carbocycles. The number of halogens is 1. The van der Waals surface area contributed by atoms with Crippen molar-refractivity contribution in [1.82, 2.24) is 14.5 Å². The first-order valence-electron chi connectivity index (χ1n) is 9.80. The van der Waals surface area contributed by atoms with Crippen LogP contribution >= 0.6 is 11.6 Å². The molecule has 1 aromatic rings. The van der Waals surface area contributed by atoms with Crippen LogP contribution in [0.5, 0.6) is 0 Å². The fraction of sp³-hybridized carbons (Fsp3) is 0.684. The number of rotatable bonds is 6. The molecule has 1 unspecified atom stereocenters. The Kier molecular flexibility index (Phi) is 6.06. The van der Waals surface area contributed by atoms with Crippen LogP contribution in [0.3, 0.4) is 0 Å². The van der Waals surface area contributed by atoms with Crippen LogP contribution in [0, 0.1) is 11.8 Å². The van der Waals surface area contributed by atoms with Gasteiger partial charge in [-0.2, -0.15) is 0 Å².